The minimum absolute atomic E-state index is 0.0255. The van der Waals surface area contributed by atoms with Gasteiger partial charge < -0.3 is 9.64 Å². The van der Waals surface area contributed by atoms with Crippen molar-refractivity contribution in [3.8, 4) is 5.75 Å². The molecule has 5 nitrogen and oxygen atoms in total. The predicted molar refractivity (Wildman–Crippen MR) is 80.1 cm³/mol. The summed E-state index contributed by atoms with van der Waals surface area (Å²) in [6.45, 7) is 2.76. The quantitative estimate of drug-likeness (QED) is 0.793. The Bertz CT molecular complexity index is 644. The molecule has 0 aromatic heterocycles. The van der Waals surface area contributed by atoms with Gasteiger partial charge in [-0.15, -0.1) is 0 Å². The van der Waals surface area contributed by atoms with Gasteiger partial charge in [-0.3, -0.25) is 4.79 Å². The van der Waals surface area contributed by atoms with Gasteiger partial charge in [-0.2, -0.15) is 0 Å². The second-order valence-corrected chi connectivity index (χ2v) is 7.73. The summed E-state index contributed by atoms with van der Waals surface area (Å²) in [5.41, 5.74) is 0.531. The molecule has 1 heterocycles. The zero-order valence-corrected chi connectivity index (χ0v) is 13.6. The highest BCUT2D eigenvalue weighted by Crippen LogP contribution is 2.26. The Labute approximate surface area is 129 Å². The summed E-state index contributed by atoms with van der Waals surface area (Å²) in [6, 6.07) is 4.52. The van der Waals surface area contributed by atoms with E-state index in [1.165, 1.54) is 25.3 Å². The lowest BCUT2D eigenvalue weighted by Crippen LogP contribution is -2.34. The van der Waals surface area contributed by atoms with Crippen molar-refractivity contribution < 1.29 is 17.9 Å². The van der Waals surface area contributed by atoms with Gasteiger partial charge in [0.25, 0.3) is 9.05 Å². The zero-order valence-electron chi connectivity index (χ0n) is 12.0. The van der Waals surface area contributed by atoms with Gasteiger partial charge in [0.05, 0.1) is 18.4 Å². The zero-order chi connectivity index (χ0) is 15.6. The molecule has 0 bridgehead atoms. The summed E-state index contributed by atoms with van der Waals surface area (Å²) >= 11 is 0. The van der Waals surface area contributed by atoms with Crippen LogP contribution in [0.1, 0.15) is 25.3 Å². The van der Waals surface area contributed by atoms with Gasteiger partial charge in [0.1, 0.15) is 5.75 Å². The maximum atomic E-state index is 12.3. The molecule has 1 fully saturated rings. The molecule has 1 aliphatic rings. The topological polar surface area (TPSA) is 63.7 Å². The number of methoxy groups -OCH3 is 1. The number of ether oxygens (including phenoxy) is 1. The first-order valence-corrected chi connectivity index (χ1v) is 9.05. The van der Waals surface area contributed by atoms with E-state index in [4.69, 9.17) is 15.4 Å². The molecule has 0 saturated carbocycles. The Hall–Kier alpha value is -1.27. The molecule has 0 spiro atoms. The smallest absolute Gasteiger partial charge is 0.261 e. The molecule has 1 saturated heterocycles. The molecular formula is C14H18ClNO4S. The fourth-order valence-electron chi connectivity index (χ4n) is 2.61. The molecule has 0 aliphatic carbocycles. The van der Waals surface area contributed by atoms with E-state index in [9.17, 15) is 13.2 Å². The second kappa shape index (κ2) is 6.23. The van der Waals surface area contributed by atoms with E-state index in [1.54, 1.807) is 0 Å². The van der Waals surface area contributed by atoms with E-state index in [1.807, 2.05) is 11.8 Å². The lowest BCUT2D eigenvalue weighted by molar-refractivity contribution is -0.131. The Morgan fingerprint density at radius 3 is 2.71 bits per heavy atom. The van der Waals surface area contributed by atoms with Crippen LogP contribution in [0.4, 0.5) is 0 Å². The molecule has 2 rings (SSSR count). The van der Waals surface area contributed by atoms with Crippen LogP contribution in [0, 0.1) is 0 Å². The van der Waals surface area contributed by atoms with Crippen molar-refractivity contribution in [2.45, 2.75) is 37.1 Å². The number of rotatable bonds is 4. The van der Waals surface area contributed by atoms with E-state index >= 15 is 0 Å². The first-order chi connectivity index (χ1) is 9.82. The van der Waals surface area contributed by atoms with E-state index in [0.29, 0.717) is 11.3 Å². The fourth-order valence-corrected chi connectivity index (χ4v) is 3.41. The van der Waals surface area contributed by atoms with Crippen LogP contribution in [-0.4, -0.2) is 38.9 Å². The van der Waals surface area contributed by atoms with Crippen molar-refractivity contribution >= 4 is 25.6 Å². The van der Waals surface area contributed by atoms with Crippen LogP contribution in [0.3, 0.4) is 0 Å². The third kappa shape index (κ3) is 3.68. The predicted octanol–water partition coefficient (Wildman–Crippen LogP) is 2.18. The van der Waals surface area contributed by atoms with Crippen molar-refractivity contribution in [2.24, 2.45) is 0 Å². The molecule has 1 aromatic carbocycles. The maximum Gasteiger partial charge on any atom is 0.261 e. The van der Waals surface area contributed by atoms with Crippen LogP contribution in [0.25, 0.3) is 0 Å². The number of amides is 1. The first-order valence-electron chi connectivity index (χ1n) is 6.74. The molecular weight excluding hydrogens is 314 g/mol. The van der Waals surface area contributed by atoms with Crippen molar-refractivity contribution in [2.75, 3.05) is 13.7 Å². The van der Waals surface area contributed by atoms with Crippen LogP contribution < -0.4 is 4.74 Å². The minimum atomic E-state index is -3.82. The average Bonchev–Trinajstić information content (AvgIpc) is 2.84. The van der Waals surface area contributed by atoms with E-state index in [-0.39, 0.29) is 23.3 Å². The highest BCUT2D eigenvalue weighted by Gasteiger charge is 2.26. The Morgan fingerprint density at radius 1 is 1.48 bits per heavy atom. The summed E-state index contributed by atoms with van der Waals surface area (Å²) < 4.78 is 28.0. The molecule has 1 aromatic rings. The summed E-state index contributed by atoms with van der Waals surface area (Å²) in [6.07, 6.45) is 2.10. The van der Waals surface area contributed by atoms with E-state index in [2.05, 4.69) is 0 Å². The molecule has 1 unspecified atom stereocenters. The van der Waals surface area contributed by atoms with Gasteiger partial charge in [-0.05, 0) is 38.0 Å². The lowest BCUT2D eigenvalue weighted by atomic mass is 10.1. The van der Waals surface area contributed by atoms with Crippen LogP contribution in [0.2, 0.25) is 0 Å². The van der Waals surface area contributed by atoms with Crippen molar-refractivity contribution in [1.82, 2.24) is 4.90 Å². The van der Waals surface area contributed by atoms with Crippen LogP contribution >= 0.6 is 10.7 Å². The summed E-state index contributed by atoms with van der Waals surface area (Å²) in [5, 5.41) is 0. The molecule has 21 heavy (non-hydrogen) atoms. The van der Waals surface area contributed by atoms with Gasteiger partial charge in [-0.25, -0.2) is 8.42 Å². The third-order valence-electron chi connectivity index (χ3n) is 3.75. The molecule has 1 atom stereocenters. The number of benzene rings is 1. The number of halogens is 1. The molecule has 7 heteroatoms. The largest absolute Gasteiger partial charge is 0.496 e. The fraction of sp³-hybridized carbons (Fsp3) is 0.500. The molecule has 0 N–H and O–H groups in total. The highest BCUT2D eigenvalue weighted by molar-refractivity contribution is 8.13. The lowest BCUT2D eigenvalue weighted by Gasteiger charge is -2.22. The standard InChI is InChI=1S/C14H18ClNO4S/c1-10-4-3-7-16(10)14(17)9-11-8-12(21(15,18)19)5-6-13(11)20-2/h5-6,8,10H,3-4,7,9H2,1-2H3. The number of carbonyl (C=O) groups is 1. The Balaban J connectivity index is 2.27. The van der Waals surface area contributed by atoms with Crippen LogP contribution in [-0.2, 0) is 20.3 Å². The number of hydrogen-bond donors (Lipinski definition) is 0. The second-order valence-electron chi connectivity index (χ2n) is 5.17. The SMILES string of the molecule is COc1ccc(S(=O)(=O)Cl)cc1CC(=O)N1CCCC1C. The first kappa shape index (κ1) is 16.1. The average molecular weight is 332 g/mol. The van der Waals surface area contributed by atoms with Gasteiger partial charge in [0.2, 0.25) is 5.91 Å². The van der Waals surface area contributed by atoms with Crippen molar-refractivity contribution in [3.63, 3.8) is 0 Å². The van der Waals surface area contributed by atoms with Crippen LogP contribution in [0.5, 0.6) is 5.75 Å². The van der Waals surface area contributed by atoms with E-state index < -0.39 is 9.05 Å². The van der Waals surface area contributed by atoms with Gasteiger partial charge in [-0.1, -0.05) is 0 Å². The van der Waals surface area contributed by atoms with Gasteiger partial charge in [0.15, 0.2) is 0 Å². The number of carbonyl (C=O) groups excluding carboxylic acids is 1. The van der Waals surface area contributed by atoms with E-state index in [0.717, 1.165) is 19.4 Å². The maximum absolute atomic E-state index is 12.3. The molecule has 1 amide bonds. The normalized spacial score (nSPS) is 18.8. The molecule has 116 valence electrons. The number of nitrogens with zero attached hydrogens (tertiary/aromatic N) is 1. The summed E-state index contributed by atoms with van der Waals surface area (Å²) in [5.74, 6) is 0.460. The van der Waals surface area contributed by atoms with Gasteiger partial charge in [0, 0.05) is 28.8 Å². The Morgan fingerprint density at radius 2 is 2.19 bits per heavy atom. The third-order valence-corrected chi connectivity index (χ3v) is 5.10. The van der Waals surface area contributed by atoms with Gasteiger partial charge >= 0.3 is 0 Å². The highest BCUT2D eigenvalue weighted by atomic mass is 35.7. The Kier molecular flexibility index (Phi) is 4.78. The minimum Gasteiger partial charge on any atom is -0.496 e. The van der Waals surface area contributed by atoms with Crippen LogP contribution in [0.15, 0.2) is 23.1 Å². The molecule has 0 radical (unpaired) electrons. The number of likely N-dealkylation sites (tertiary alicyclic amines) is 1. The molecule has 1 aliphatic heterocycles. The monoisotopic (exact) mass is 331 g/mol. The van der Waals surface area contributed by atoms with Crippen molar-refractivity contribution in [1.29, 1.82) is 0 Å². The summed E-state index contributed by atoms with van der Waals surface area (Å²) in [4.78, 5) is 14.1. The summed E-state index contributed by atoms with van der Waals surface area (Å²) in [7, 11) is 3.01. The van der Waals surface area contributed by atoms with Crippen molar-refractivity contribution in [3.05, 3.63) is 23.8 Å². The number of hydrogen-bond acceptors (Lipinski definition) is 4.